The van der Waals surface area contributed by atoms with Crippen LogP contribution < -0.4 is 0 Å². The number of aromatic hydroxyl groups is 2. The van der Waals surface area contributed by atoms with Crippen molar-refractivity contribution in [1.29, 1.82) is 0 Å². The van der Waals surface area contributed by atoms with Crippen molar-refractivity contribution in [3.8, 4) is 22.1 Å². The van der Waals surface area contributed by atoms with Gasteiger partial charge in [-0.1, -0.05) is 18.2 Å². The molecule has 0 aliphatic carbocycles. The summed E-state index contributed by atoms with van der Waals surface area (Å²) in [7, 11) is 0. The summed E-state index contributed by atoms with van der Waals surface area (Å²) in [6.45, 7) is 1.68. The maximum Gasteiger partial charge on any atom is 0.127 e. The largest absolute Gasteiger partial charge is 0.507 e. The van der Waals surface area contributed by atoms with Gasteiger partial charge in [0.05, 0.1) is 30.5 Å². The molecule has 0 radical (unpaired) electrons. The highest BCUT2D eigenvalue weighted by molar-refractivity contribution is 8.15. The van der Waals surface area contributed by atoms with Crippen molar-refractivity contribution >= 4 is 28.1 Å². The van der Waals surface area contributed by atoms with Gasteiger partial charge < -0.3 is 20.4 Å². The number of thiazole rings is 1. The molecule has 2 aromatic carbocycles. The molecule has 0 spiro atoms. The van der Waals surface area contributed by atoms with Crippen LogP contribution in [0.25, 0.3) is 10.6 Å². The number of aliphatic hydroxyl groups excluding tert-OH is 2. The van der Waals surface area contributed by atoms with E-state index >= 15 is 0 Å². The van der Waals surface area contributed by atoms with Crippen molar-refractivity contribution in [3.63, 3.8) is 0 Å². The molecule has 0 saturated heterocycles. The first kappa shape index (κ1) is 20.9. The van der Waals surface area contributed by atoms with Crippen LogP contribution in [0.4, 0.5) is 0 Å². The van der Waals surface area contributed by atoms with E-state index in [1.165, 1.54) is 11.3 Å². The first-order valence-electron chi connectivity index (χ1n) is 9.53. The Kier molecular flexibility index (Phi) is 6.10. The molecule has 0 saturated carbocycles. The highest BCUT2D eigenvalue weighted by atomic mass is 32.2. The van der Waals surface area contributed by atoms with Gasteiger partial charge in [-0.2, -0.15) is 0 Å². The van der Waals surface area contributed by atoms with Gasteiger partial charge in [-0.15, -0.1) is 23.1 Å². The Morgan fingerprint density at radius 2 is 1.77 bits per heavy atom. The van der Waals surface area contributed by atoms with E-state index in [4.69, 9.17) is 0 Å². The fraction of sp³-hybridized carbons (Fsp3) is 0.273. The van der Waals surface area contributed by atoms with Gasteiger partial charge in [-0.3, -0.25) is 4.99 Å². The predicted octanol–water partition coefficient (Wildman–Crippen LogP) is 3.49. The maximum absolute atomic E-state index is 10.4. The van der Waals surface area contributed by atoms with Crippen molar-refractivity contribution < 1.29 is 20.4 Å². The van der Waals surface area contributed by atoms with Crippen LogP contribution >= 0.6 is 23.1 Å². The molecule has 6 nitrogen and oxygen atoms in total. The fourth-order valence-corrected chi connectivity index (χ4v) is 5.72. The zero-order valence-corrected chi connectivity index (χ0v) is 18.0. The van der Waals surface area contributed by atoms with Gasteiger partial charge in [-0.25, -0.2) is 4.98 Å². The zero-order valence-electron chi connectivity index (χ0n) is 16.3. The lowest BCUT2D eigenvalue weighted by Gasteiger charge is -2.16. The number of hydrogen-bond acceptors (Lipinski definition) is 8. The first-order chi connectivity index (χ1) is 14.5. The lowest BCUT2D eigenvalue weighted by Crippen LogP contribution is -2.23. The van der Waals surface area contributed by atoms with E-state index in [1.807, 2.05) is 31.2 Å². The molecular formula is C22H22N2O4S2. The van der Waals surface area contributed by atoms with Crippen molar-refractivity contribution in [2.24, 2.45) is 4.99 Å². The second-order valence-electron chi connectivity index (χ2n) is 7.09. The molecule has 4 rings (SSSR count). The minimum atomic E-state index is -0.273. The number of phenolic OH excluding ortho intramolecular Hbond substituents is 2. The molecule has 1 unspecified atom stereocenters. The normalized spacial score (nSPS) is 18.6. The molecule has 0 amide bonds. The van der Waals surface area contributed by atoms with Crippen LogP contribution in [0.15, 0.2) is 47.5 Å². The summed E-state index contributed by atoms with van der Waals surface area (Å²) >= 11 is 2.98. The maximum atomic E-state index is 10.4. The first-order valence-corrected chi connectivity index (χ1v) is 11.2. The zero-order chi connectivity index (χ0) is 21.3. The van der Waals surface area contributed by atoms with Gasteiger partial charge in [0.25, 0.3) is 0 Å². The van der Waals surface area contributed by atoms with Gasteiger partial charge in [0.15, 0.2) is 0 Å². The highest BCUT2D eigenvalue weighted by Crippen LogP contribution is 2.38. The molecule has 2 atom stereocenters. The molecule has 4 N–H and O–H groups in total. The summed E-state index contributed by atoms with van der Waals surface area (Å²) < 4.78 is 0. The minimum absolute atomic E-state index is 0.00744. The summed E-state index contributed by atoms with van der Waals surface area (Å²) in [5.41, 5.74) is 2.91. The Bertz CT molecular complexity index is 1100. The fourth-order valence-electron chi connectivity index (χ4n) is 3.41. The van der Waals surface area contributed by atoms with Gasteiger partial charge >= 0.3 is 0 Å². The summed E-state index contributed by atoms with van der Waals surface area (Å²) in [5.74, 6) is 0.313. The second kappa shape index (κ2) is 8.77. The Labute approximate surface area is 182 Å². The molecular weight excluding hydrogens is 420 g/mol. The molecule has 1 aliphatic rings. The number of rotatable bonds is 6. The molecule has 1 aromatic heterocycles. The number of hydrogen-bond donors (Lipinski definition) is 4. The quantitative estimate of drug-likeness (QED) is 0.466. The molecule has 0 bridgehead atoms. The van der Waals surface area contributed by atoms with E-state index in [0.29, 0.717) is 28.2 Å². The lowest BCUT2D eigenvalue weighted by atomic mass is 10.0. The topological polar surface area (TPSA) is 106 Å². The minimum Gasteiger partial charge on any atom is -0.507 e. The smallest absolute Gasteiger partial charge is 0.127 e. The number of nitrogens with zero attached hydrogens (tertiary/aromatic N) is 2. The third-order valence-electron chi connectivity index (χ3n) is 5.07. The predicted molar refractivity (Wildman–Crippen MR) is 120 cm³/mol. The van der Waals surface area contributed by atoms with Gasteiger partial charge in [0, 0.05) is 15.7 Å². The summed E-state index contributed by atoms with van der Waals surface area (Å²) in [6.07, 6.45) is 0.640. The number of aliphatic hydroxyl groups is 2. The molecule has 0 fully saturated rings. The Morgan fingerprint density at radius 3 is 2.47 bits per heavy atom. The summed E-state index contributed by atoms with van der Waals surface area (Å²) in [6, 6.07) is 12.2. The number of benzene rings is 2. The standard InChI is InChI=1S/C22H22N2O4S2/c1-12-16(10-25)23-22(29-12)15-8-13(6-7-19(15)28)9-20-17(11-26)24-21(30-20)14-4-2-3-5-18(14)27/h2-8,17,20,25-28H,9-11H2,1H3/t17-,20?/m0/s1. The van der Waals surface area contributed by atoms with Crippen molar-refractivity contribution in [2.75, 3.05) is 6.61 Å². The molecule has 1 aliphatic heterocycles. The number of thioether (sulfide) groups is 1. The summed E-state index contributed by atoms with van der Waals surface area (Å²) in [4.78, 5) is 9.98. The van der Waals surface area contributed by atoms with Crippen LogP contribution in [0.1, 0.15) is 21.7 Å². The average molecular weight is 443 g/mol. The van der Waals surface area contributed by atoms with E-state index in [2.05, 4.69) is 9.98 Å². The third kappa shape index (κ3) is 4.09. The van der Waals surface area contributed by atoms with Crippen molar-refractivity contribution in [3.05, 3.63) is 64.2 Å². The monoisotopic (exact) mass is 442 g/mol. The van der Waals surface area contributed by atoms with Crippen LogP contribution in [0.3, 0.4) is 0 Å². The number of phenols is 2. The van der Waals surface area contributed by atoms with E-state index in [-0.39, 0.29) is 36.0 Å². The summed E-state index contributed by atoms with van der Waals surface area (Å²) in [5, 5.41) is 41.1. The van der Waals surface area contributed by atoms with E-state index in [0.717, 1.165) is 15.5 Å². The van der Waals surface area contributed by atoms with Gasteiger partial charge in [0.2, 0.25) is 0 Å². The number of aromatic nitrogens is 1. The Morgan fingerprint density at radius 1 is 1.00 bits per heavy atom. The number of para-hydroxylation sites is 1. The number of aliphatic imine (C=N–C) groups is 1. The SMILES string of the molecule is Cc1sc(-c2cc(CC3SC(c4ccccc4O)=N[C@H]3CO)ccc2O)nc1CO. The Hall–Kier alpha value is -2.39. The lowest BCUT2D eigenvalue weighted by molar-refractivity contribution is 0.265. The van der Waals surface area contributed by atoms with Gasteiger partial charge in [0.1, 0.15) is 21.6 Å². The highest BCUT2D eigenvalue weighted by Gasteiger charge is 2.31. The third-order valence-corrected chi connectivity index (χ3v) is 7.45. The molecule has 2 heterocycles. The van der Waals surface area contributed by atoms with E-state index in [9.17, 15) is 20.4 Å². The van der Waals surface area contributed by atoms with Crippen LogP contribution in [0.5, 0.6) is 11.5 Å². The number of aryl methyl sites for hydroxylation is 1. The van der Waals surface area contributed by atoms with Crippen LogP contribution in [0, 0.1) is 6.92 Å². The van der Waals surface area contributed by atoms with Crippen LogP contribution in [-0.4, -0.2) is 48.4 Å². The Balaban J connectivity index is 1.58. The van der Waals surface area contributed by atoms with Crippen LogP contribution in [-0.2, 0) is 13.0 Å². The second-order valence-corrected chi connectivity index (χ2v) is 9.52. The molecule has 3 aromatic rings. The van der Waals surface area contributed by atoms with E-state index in [1.54, 1.807) is 30.0 Å². The van der Waals surface area contributed by atoms with Gasteiger partial charge in [-0.05, 0) is 43.2 Å². The van der Waals surface area contributed by atoms with Crippen molar-refractivity contribution in [1.82, 2.24) is 4.98 Å². The van der Waals surface area contributed by atoms with Crippen molar-refractivity contribution in [2.45, 2.75) is 31.2 Å². The molecule has 156 valence electrons. The van der Waals surface area contributed by atoms with Crippen LogP contribution in [0.2, 0.25) is 0 Å². The molecule has 30 heavy (non-hydrogen) atoms. The van der Waals surface area contributed by atoms with E-state index < -0.39 is 0 Å². The average Bonchev–Trinajstić information content (AvgIpc) is 3.32. The molecule has 8 heteroatoms.